The van der Waals surface area contributed by atoms with E-state index in [1.54, 1.807) is 15.9 Å². The molecular weight excluding hydrogens is 492 g/mol. The maximum absolute atomic E-state index is 13.7. The van der Waals surface area contributed by atoms with Crippen LogP contribution in [0.25, 0.3) is 22.4 Å². The summed E-state index contributed by atoms with van der Waals surface area (Å²) in [6, 6.07) is 11.3. The number of hydrogen-bond acceptors (Lipinski definition) is 6. The van der Waals surface area contributed by atoms with E-state index >= 15 is 0 Å². The highest BCUT2D eigenvalue weighted by molar-refractivity contribution is 6.30. The number of benzene rings is 1. The van der Waals surface area contributed by atoms with Crippen molar-refractivity contribution in [3.05, 3.63) is 64.9 Å². The largest absolute Gasteiger partial charge is 0.449 e. The third kappa shape index (κ3) is 4.71. The summed E-state index contributed by atoms with van der Waals surface area (Å²) in [5.41, 5.74) is 3.03. The van der Waals surface area contributed by atoms with Gasteiger partial charge < -0.3 is 14.2 Å². The molecule has 0 unspecified atom stereocenters. The van der Waals surface area contributed by atoms with Crippen molar-refractivity contribution in [2.24, 2.45) is 0 Å². The average molecular weight is 521 g/mol. The van der Waals surface area contributed by atoms with Gasteiger partial charge in [-0.25, -0.2) is 9.97 Å². The molecule has 2 amide bonds. The van der Waals surface area contributed by atoms with Crippen molar-refractivity contribution in [1.82, 2.24) is 30.0 Å². The maximum Gasteiger partial charge on any atom is 0.291 e. The van der Waals surface area contributed by atoms with Crippen molar-refractivity contribution in [2.75, 3.05) is 19.6 Å². The number of pyridine rings is 1. The Bertz CT molecular complexity index is 1470. The average Bonchev–Trinajstić information content (AvgIpc) is 3.52. The lowest BCUT2D eigenvalue weighted by Gasteiger charge is -2.46. The summed E-state index contributed by atoms with van der Waals surface area (Å²) in [6.07, 6.45) is 1.30. The molecule has 192 valence electrons. The first kappa shape index (κ1) is 25.0. The summed E-state index contributed by atoms with van der Waals surface area (Å²) >= 11 is 6.08. The Morgan fingerprint density at radius 3 is 2.43 bits per heavy atom. The Kier molecular flexibility index (Phi) is 6.06. The number of H-pyrrole nitrogens is 1. The number of carbonyl (C=O) groups excluding carboxylic acids is 2. The van der Waals surface area contributed by atoms with E-state index in [0.717, 1.165) is 16.8 Å². The second kappa shape index (κ2) is 8.99. The van der Waals surface area contributed by atoms with E-state index in [4.69, 9.17) is 21.0 Å². The molecule has 37 heavy (non-hydrogen) atoms. The topological polar surface area (TPSA) is 108 Å². The lowest BCUT2D eigenvalue weighted by molar-refractivity contribution is 0.0146. The molecule has 1 saturated heterocycles. The van der Waals surface area contributed by atoms with Gasteiger partial charge in [0.1, 0.15) is 11.8 Å². The van der Waals surface area contributed by atoms with Gasteiger partial charge in [-0.05, 0) is 37.5 Å². The molecule has 0 atom stereocenters. The van der Waals surface area contributed by atoms with Gasteiger partial charge in [-0.3, -0.25) is 14.7 Å². The normalized spacial score (nSPS) is 15.8. The smallest absolute Gasteiger partial charge is 0.291 e. The number of nitrogens with zero attached hydrogens (tertiary/aromatic N) is 5. The lowest BCUT2D eigenvalue weighted by atomic mass is 9.86. The molecule has 4 heterocycles. The predicted octanol–water partition coefficient (Wildman–Crippen LogP) is 4.94. The maximum atomic E-state index is 13.7. The van der Waals surface area contributed by atoms with Crippen LogP contribution in [-0.2, 0) is 5.41 Å². The number of halogens is 1. The molecule has 10 heteroatoms. The molecule has 0 saturated carbocycles. The minimum atomic E-state index is -0.626. The van der Waals surface area contributed by atoms with E-state index in [9.17, 15) is 9.59 Å². The molecule has 1 fully saturated rings. The number of fused-ring (bicyclic) bond motifs is 1. The van der Waals surface area contributed by atoms with Crippen molar-refractivity contribution in [1.29, 1.82) is 0 Å². The van der Waals surface area contributed by atoms with Crippen LogP contribution < -0.4 is 0 Å². The molecule has 1 aromatic carbocycles. The summed E-state index contributed by atoms with van der Waals surface area (Å²) in [5, 5.41) is 7.03. The van der Waals surface area contributed by atoms with Crippen LogP contribution in [0.1, 0.15) is 61.4 Å². The molecule has 0 aliphatic carbocycles. The van der Waals surface area contributed by atoms with E-state index in [1.165, 1.54) is 6.33 Å². The fourth-order valence-corrected chi connectivity index (χ4v) is 4.87. The molecule has 4 aromatic rings. The minimum absolute atomic E-state index is 0.185. The van der Waals surface area contributed by atoms with Crippen LogP contribution in [0.3, 0.4) is 0 Å². The van der Waals surface area contributed by atoms with Crippen molar-refractivity contribution in [2.45, 2.75) is 45.6 Å². The fourth-order valence-electron chi connectivity index (χ4n) is 4.75. The summed E-state index contributed by atoms with van der Waals surface area (Å²) in [5.74, 6) is -0.0627. The van der Waals surface area contributed by atoms with Crippen molar-refractivity contribution >= 4 is 34.5 Å². The van der Waals surface area contributed by atoms with Gasteiger partial charge in [-0.15, -0.1) is 0 Å². The Balaban J connectivity index is 1.47. The van der Waals surface area contributed by atoms with Crippen LogP contribution in [0.15, 0.2) is 47.1 Å². The molecular formula is C27H29ClN6O3. The first-order valence-corrected chi connectivity index (χ1v) is 12.5. The number of piperazine rings is 1. The summed E-state index contributed by atoms with van der Waals surface area (Å²) < 4.78 is 6.20. The van der Waals surface area contributed by atoms with Crippen LogP contribution in [0.2, 0.25) is 5.02 Å². The zero-order valence-corrected chi connectivity index (χ0v) is 22.3. The van der Waals surface area contributed by atoms with Gasteiger partial charge in [0.05, 0.1) is 11.2 Å². The second-order valence-corrected chi connectivity index (χ2v) is 11.4. The number of amides is 2. The molecule has 1 aliphatic heterocycles. The van der Waals surface area contributed by atoms with Crippen LogP contribution in [0.4, 0.5) is 0 Å². The van der Waals surface area contributed by atoms with Crippen molar-refractivity contribution < 1.29 is 14.0 Å². The van der Waals surface area contributed by atoms with Gasteiger partial charge in [0, 0.05) is 41.9 Å². The highest BCUT2D eigenvalue weighted by Gasteiger charge is 2.40. The van der Waals surface area contributed by atoms with Crippen LogP contribution in [0.5, 0.6) is 0 Å². The van der Waals surface area contributed by atoms with Gasteiger partial charge in [-0.1, -0.05) is 44.5 Å². The number of aromatic nitrogens is 4. The molecule has 0 bridgehead atoms. The molecule has 3 aromatic heterocycles. The summed E-state index contributed by atoms with van der Waals surface area (Å²) in [4.78, 5) is 38.7. The number of hydrogen-bond donors (Lipinski definition) is 1. The first-order chi connectivity index (χ1) is 17.4. The predicted molar refractivity (Wildman–Crippen MR) is 141 cm³/mol. The van der Waals surface area contributed by atoms with Gasteiger partial charge in [0.25, 0.3) is 11.8 Å². The number of aromatic amines is 1. The minimum Gasteiger partial charge on any atom is -0.449 e. The number of furan rings is 1. The van der Waals surface area contributed by atoms with E-state index < -0.39 is 5.54 Å². The third-order valence-electron chi connectivity index (χ3n) is 6.69. The lowest BCUT2D eigenvalue weighted by Crippen LogP contribution is -2.62. The highest BCUT2D eigenvalue weighted by atomic mass is 35.5. The molecule has 9 nitrogen and oxygen atoms in total. The van der Waals surface area contributed by atoms with E-state index in [2.05, 4.69) is 36.0 Å². The Hall–Kier alpha value is -3.72. The van der Waals surface area contributed by atoms with Gasteiger partial charge >= 0.3 is 0 Å². The van der Waals surface area contributed by atoms with Crippen LogP contribution >= 0.6 is 11.6 Å². The van der Waals surface area contributed by atoms with Gasteiger partial charge in [0.2, 0.25) is 5.82 Å². The van der Waals surface area contributed by atoms with Crippen molar-refractivity contribution in [3.63, 3.8) is 0 Å². The second-order valence-electron chi connectivity index (χ2n) is 11.0. The summed E-state index contributed by atoms with van der Waals surface area (Å²) in [6.45, 7) is 11.3. The SMILES string of the molecule is CC(C)(C)c1cc(-c2ccc(Cl)cc2)nc2cc(C(=O)N3CCN(C(=O)c4ncn[nH]4)CC3(C)C)oc12. The fraction of sp³-hybridized carbons (Fsp3) is 0.370. The molecule has 1 N–H and O–H groups in total. The van der Waals surface area contributed by atoms with Crippen LogP contribution in [-0.4, -0.2) is 67.0 Å². The monoisotopic (exact) mass is 520 g/mol. The van der Waals surface area contributed by atoms with E-state index in [0.29, 0.717) is 35.8 Å². The zero-order valence-electron chi connectivity index (χ0n) is 21.5. The van der Waals surface area contributed by atoms with Gasteiger partial charge in [-0.2, -0.15) is 5.10 Å². The number of nitrogens with one attached hydrogen (secondary N) is 1. The summed E-state index contributed by atoms with van der Waals surface area (Å²) in [7, 11) is 0. The third-order valence-corrected chi connectivity index (χ3v) is 6.94. The van der Waals surface area contributed by atoms with Gasteiger partial charge in [0.15, 0.2) is 11.3 Å². The standard InChI is InChI=1S/C27H29ClN6O3/c1-26(2,3)18-12-19(16-6-8-17(28)9-7-16)31-20-13-21(37-22(18)20)24(35)34-11-10-33(14-27(34,4)5)25(36)23-29-15-30-32-23/h6-9,12-13,15H,10-11,14H2,1-5H3,(H,29,30,32). The van der Waals surface area contributed by atoms with E-state index in [1.807, 2.05) is 44.2 Å². The quantitative estimate of drug-likeness (QED) is 0.410. The highest BCUT2D eigenvalue weighted by Crippen LogP contribution is 2.35. The Labute approximate surface area is 219 Å². The molecule has 1 aliphatic rings. The van der Waals surface area contributed by atoms with E-state index in [-0.39, 0.29) is 28.8 Å². The Morgan fingerprint density at radius 2 is 1.81 bits per heavy atom. The number of carbonyl (C=O) groups is 2. The van der Waals surface area contributed by atoms with Crippen LogP contribution in [0, 0.1) is 0 Å². The molecule has 5 rings (SSSR count). The zero-order chi connectivity index (χ0) is 26.5. The molecule has 0 spiro atoms. The van der Waals surface area contributed by atoms with Crippen molar-refractivity contribution in [3.8, 4) is 11.3 Å². The first-order valence-electron chi connectivity index (χ1n) is 12.1. The number of rotatable bonds is 3. The Morgan fingerprint density at radius 1 is 1.08 bits per heavy atom. The molecule has 0 radical (unpaired) electrons.